The lowest BCUT2D eigenvalue weighted by atomic mass is 9.93. The minimum atomic E-state index is -4.28. The van der Waals surface area contributed by atoms with Gasteiger partial charge in [-0.15, -0.1) is 0 Å². The second-order valence-corrected chi connectivity index (χ2v) is 6.50. The fraction of sp³-hybridized carbons (Fsp3) is 0.625. The Kier molecular flexibility index (Phi) is 4.91. The Morgan fingerprint density at radius 1 is 1.22 bits per heavy atom. The molecule has 0 aromatic heterocycles. The van der Waals surface area contributed by atoms with Gasteiger partial charge in [0.25, 0.3) is 0 Å². The van der Waals surface area contributed by atoms with Crippen LogP contribution in [0.5, 0.6) is 0 Å². The van der Waals surface area contributed by atoms with Crippen LogP contribution in [-0.2, 0) is 6.18 Å². The molecule has 3 atom stereocenters. The second-order valence-electron chi connectivity index (χ2n) is 6.50. The molecule has 2 fully saturated rings. The summed E-state index contributed by atoms with van der Waals surface area (Å²) < 4.78 is 38.0. The van der Waals surface area contributed by atoms with Gasteiger partial charge in [0.2, 0.25) is 0 Å². The third-order valence-corrected chi connectivity index (χ3v) is 4.64. The SMILES string of the molecule is C[C@@H]1CN(CC2CNNC2c2ccc(C(F)(F)F)cc2)CCN1. The highest BCUT2D eigenvalue weighted by atomic mass is 19.4. The van der Waals surface area contributed by atoms with Crippen LogP contribution in [-0.4, -0.2) is 43.7 Å². The molecule has 3 rings (SSSR count). The van der Waals surface area contributed by atoms with Gasteiger partial charge in [0.1, 0.15) is 0 Å². The average Bonchev–Trinajstić information content (AvgIpc) is 2.94. The predicted molar refractivity (Wildman–Crippen MR) is 82.7 cm³/mol. The quantitative estimate of drug-likeness (QED) is 0.791. The molecule has 2 unspecified atom stereocenters. The Hall–Kier alpha value is -1.15. The van der Waals surface area contributed by atoms with Crippen molar-refractivity contribution in [3.63, 3.8) is 0 Å². The molecule has 0 radical (unpaired) electrons. The van der Waals surface area contributed by atoms with Crippen molar-refractivity contribution in [2.24, 2.45) is 5.92 Å². The molecule has 128 valence electrons. The average molecular weight is 328 g/mol. The normalized spacial score (nSPS) is 29.8. The van der Waals surface area contributed by atoms with Crippen LogP contribution in [0, 0.1) is 5.92 Å². The first-order valence-corrected chi connectivity index (χ1v) is 8.05. The number of hydrogen-bond donors (Lipinski definition) is 3. The van der Waals surface area contributed by atoms with Crippen molar-refractivity contribution in [2.45, 2.75) is 25.2 Å². The Morgan fingerprint density at radius 2 is 1.96 bits per heavy atom. The monoisotopic (exact) mass is 328 g/mol. The first kappa shape index (κ1) is 16.7. The smallest absolute Gasteiger partial charge is 0.312 e. The Morgan fingerprint density at radius 3 is 2.61 bits per heavy atom. The molecule has 1 aromatic rings. The first-order chi connectivity index (χ1) is 10.9. The number of hydrazine groups is 1. The number of alkyl halides is 3. The van der Waals surface area contributed by atoms with Gasteiger partial charge >= 0.3 is 6.18 Å². The Bertz CT molecular complexity index is 517. The van der Waals surface area contributed by atoms with Gasteiger partial charge in [-0.2, -0.15) is 13.2 Å². The number of piperazine rings is 1. The minimum absolute atomic E-state index is 0.0440. The summed E-state index contributed by atoms with van der Waals surface area (Å²) in [5.74, 6) is 0.344. The number of hydrogen-bond acceptors (Lipinski definition) is 4. The van der Waals surface area contributed by atoms with Gasteiger partial charge in [-0.25, -0.2) is 5.43 Å². The summed E-state index contributed by atoms with van der Waals surface area (Å²) in [5.41, 5.74) is 6.66. The molecule has 3 N–H and O–H groups in total. The topological polar surface area (TPSA) is 39.3 Å². The van der Waals surface area contributed by atoms with Gasteiger partial charge in [0.05, 0.1) is 11.6 Å². The second kappa shape index (κ2) is 6.76. The van der Waals surface area contributed by atoms with E-state index in [2.05, 4.69) is 28.0 Å². The van der Waals surface area contributed by atoms with E-state index in [1.54, 1.807) is 12.1 Å². The van der Waals surface area contributed by atoms with E-state index in [4.69, 9.17) is 0 Å². The van der Waals surface area contributed by atoms with Crippen molar-refractivity contribution in [2.75, 3.05) is 32.7 Å². The highest BCUT2D eigenvalue weighted by Crippen LogP contribution is 2.32. The van der Waals surface area contributed by atoms with Crippen molar-refractivity contribution >= 4 is 0 Å². The molecule has 4 nitrogen and oxygen atoms in total. The summed E-state index contributed by atoms with van der Waals surface area (Å²) in [4.78, 5) is 2.43. The van der Waals surface area contributed by atoms with E-state index in [-0.39, 0.29) is 6.04 Å². The molecule has 1 aromatic carbocycles. The summed E-state index contributed by atoms with van der Waals surface area (Å²) in [6, 6.07) is 6.03. The molecule has 0 amide bonds. The number of nitrogens with zero attached hydrogens (tertiary/aromatic N) is 1. The van der Waals surface area contributed by atoms with Crippen LogP contribution >= 0.6 is 0 Å². The summed E-state index contributed by atoms with van der Waals surface area (Å²) >= 11 is 0. The van der Waals surface area contributed by atoms with E-state index in [9.17, 15) is 13.2 Å². The van der Waals surface area contributed by atoms with Gasteiger partial charge < -0.3 is 10.2 Å². The van der Waals surface area contributed by atoms with Gasteiger partial charge in [-0.1, -0.05) is 12.1 Å². The fourth-order valence-electron chi connectivity index (χ4n) is 3.45. The highest BCUT2D eigenvalue weighted by molar-refractivity contribution is 5.27. The van der Waals surface area contributed by atoms with Crippen molar-refractivity contribution in [3.8, 4) is 0 Å². The molecule has 2 heterocycles. The highest BCUT2D eigenvalue weighted by Gasteiger charge is 2.33. The van der Waals surface area contributed by atoms with Gasteiger partial charge in [-0.05, 0) is 24.6 Å². The number of benzene rings is 1. The van der Waals surface area contributed by atoms with Crippen LogP contribution < -0.4 is 16.2 Å². The van der Waals surface area contributed by atoms with Crippen molar-refractivity contribution < 1.29 is 13.2 Å². The maximum Gasteiger partial charge on any atom is 0.416 e. The Labute approximate surface area is 134 Å². The van der Waals surface area contributed by atoms with Gasteiger partial charge in [-0.3, -0.25) is 5.43 Å². The molecule has 0 saturated carbocycles. The first-order valence-electron chi connectivity index (χ1n) is 8.05. The lowest BCUT2D eigenvalue weighted by molar-refractivity contribution is -0.137. The number of nitrogens with one attached hydrogen (secondary N) is 3. The molecular formula is C16H23F3N4. The van der Waals surface area contributed by atoms with Crippen molar-refractivity contribution in [1.29, 1.82) is 0 Å². The largest absolute Gasteiger partial charge is 0.416 e. The fourth-order valence-corrected chi connectivity index (χ4v) is 3.45. The minimum Gasteiger partial charge on any atom is -0.312 e. The van der Waals surface area contributed by atoms with Gasteiger partial charge in [0, 0.05) is 44.7 Å². The van der Waals surface area contributed by atoms with Crippen LogP contribution in [0.25, 0.3) is 0 Å². The van der Waals surface area contributed by atoms with E-state index in [1.165, 1.54) is 12.1 Å². The third kappa shape index (κ3) is 4.03. The van der Waals surface area contributed by atoms with E-state index < -0.39 is 11.7 Å². The maximum absolute atomic E-state index is 12.7. The molecule has 2 aliphatic rings. The van der Waals surface area contributed by atoms with Crippen molar-refractivity contribution in [1.82, 2.24) is 21.1 Å². The summed E-state index contributed by atoms with van der Waals surface area (Å²) in [5, 5.41) is 3.42. The maximum atomic E-state index is 12.7. The molecule has 0 spiro atoms. The van der Waals surface area contributed by atoms with E-state index in [0.717, 1.165) is 38.3 Å². The lowest BCUT2D eigenvalue weighted by Crippen LogP contribution is -2.50. The molecule has 2 aliphatic heterocycles. The zero-order valence-electron chi connectivity index (χ0n) is 13.2. The predicted octanol–water partition coefficient (Wildman–Crippen LogP) is 1.76. The van der Waals surface area contributed by atoms with Crippen LogP contribution in [0.1, 0.15) is 24.1 Å². The summed E-state index contributed by atoms with van der Waals surface area (Å²) in [6.45, 7) is 6.95. The molecular weight excluding hydrogens is 305 g/mol. The molecule has 23 heavy (non-hydrogen) atoms. The van der Waals surface area contributed by atoms with Crippen LogP contribution in [0.2, 0.25) is 0 Å². The third-order valence-electron chi connectivity index (χ3n) is 4.64. The zero-order chi connectivity index (χ0) is 16.4. The Balaban J connectivity index is 1.66. The lowest BCUT2D eigenvalue weighted by Gasteiger charge is -2.34. The van der Waals surface area contributed by atoms with E-state index >= 15 is 0 Å². The van der Waals surface area contributed by atoms with Gasteiger partial charge in [0.15, 0.2) is 0 Å². The van der Waals surface area contributed by atoms with Crippen LogP contribution in [0.3, 0.4) is 0 Å². The van der Waals surface area contributed by atoms with Crippen molar-refractivity contribution in [3.05, 3.63) is 35.4 Å². The summed E-state index contributed by atoms with van der Waals surface area (Å²) in [7, 11) is 0. The molecule has 0 bridgehead atoms. The molecule has 0 aliphatic carbocycles. The van der Waals surface area contributed by atoms with E-state index in [0.29, 0.717) is 12.0 Å². The molecule has 2 saturated heterocycles. The summed E-state index contributed by atoms with van der Waals surface area (Å²) in [6.07, 6.45) is -4.28. The number of halogens is 3. The van der Waals surface area contributed by atoms with Crippen LogP contribution in [0.4, 0.5) is 13.2 Å². The zero-order valence-corrected chi connectivity index (χ0v) is 13.2. The van der Waals surface area contributed by atoms with E-state index in [1.807, 2.05) is 0 Å². The van der Waals surface area contributed by atoms with Crippen LogP contribution in [0.15, 0.2) is 24.3 Å². The number of rotatable bonds is 3. The standard InChI is InChI=1S/C16H23F3N4/c1-11-9-23(7-6-20-11)10-13-8-21-22-15(13)12-2-4-14(5-3-12)16(17,18)19/h2-5,11,13,15,20-22H,6-10H2,1H3/t11-,13?,15?/m1/s1. The molecule has 7 heteroatoms.